The lowest BCUT2D eigenvalue weighted by Crippen LogP contribution is -2.57. The second-order valence-corrected chi connectivity index (χ2v) is 12.2. The highest BCUT2D eigenvalue weighted by molar-refractivity contribution is 5.69. The second kappa shape index (κ2) is 8.36. The quantitative estimate of drug-likeness (QED) is 0.607. The van der Waals surface area contributed by atoms with Crippen LogP contribution in [-0.2, 0) is 4.79 Å². The van der Waals surface area contributed by atoms with E-state index >= 15 is 0 Å². The Morgan fingerprint density at radius 2 is 1.84 bits per heavy atom. The Kier molecular flexibility index (Phi) is 6.22. The Labute approximate surface area is 189 Å². The summed E-state index contributed by atoms with van der Waals surface area (Å²) >= 11 is 0. The van der Waals surface area contributed by atoms with E-state index in [4.69, 9.17) is 0 Å². The standard InChI is InChI=1S/C28H44O3/c1-17(2)7-6-8-18(3)20-11-12-21-19-9-10-23-25(26(30)31)24(29)14-16-28(23,5)22(19)13-15-27(20,21)4/h7,9,18,20-25,29H,6,8,10-16H2,1-5H3,(H,30,31)/p-1/t18-,20-,21+,22+,23+,24+,25+,27-,28-/m1/s1. The topological polar surface area (TPSA) is 60.4 Å². The van der Waals surface area contributed by atoms with Gasteiger partial charge in [0.15, 0.2) is 0 Å². The third kappa shape index (κ3) is 3.73. The predicted octanol–water partition coefficient (Wildman–Crippen LogP) is 5.28. The Morgan fingerprint density at radius 1 is 1.16 bits per heavy atom. The van der Waals surface area contributed by atoms with Crippen molar-refractivity contribution < 1.29 is 15.0 Å². The van der Waals surface area contributed by atoms with E-state index in [1.54, 1.807) is 5.57 Å². The fraction of sp³-hybridized carbons (Fsp3) is 0.821. The average molecular weight is 428 g/mol. The number of carboxylic acid groups (broad SMARTS) is 1. The van der Waals surface area contributed by atoms with Gasteiger partial charge in [-0.05, 0) is 112 Å². The van der Waals surface area contributed by atoms with Crippen molar-refractivity contribution in [1.29, 1.82) is 0 Å². The molecular weight excluding hydrogens is 384 g/mol. The largest absolute Gasteiger partial charge is 0.550 e. The van der Waals surface area contributed by atoms with Gasteiger partial charge < -0.3 is 15.0 Å². The SMILES string of the molecule is CC(C)=CCC[C@@H](C)[C@H]1CC[C@H]2C3=CC[C@H]4[C@H](C(=O)[O-])[C@@H](O)CC[C@]4(C)[C@H]3CC[C@]12C. The molecule has 1 N–H and O–H groups in total. The lowest BCUT2D eigenvalue weighted by molar-refractivity contribution is -0.320. The van der Waals surface area contributed by atoms with Crippen LogP contribution in [0.2, 0.25) is 0 Å². The van der Waals surface area contributed by atoms with Gasteiger partial charge in [0.2, 0.25) is 0 Å². The van der Waals surface area contributed by atoms with E-state index in [1.807, 2.05) is 0 Å². The summed E-state index contributed by atoms with van der Waals surface area (Å²) in [5, 5.41) is 22.3. The molecular formula is C28H43O3-. The van der Waals surface area contributed by atoms with Crippen LogP contribution in [-0.4, -0.2) is 17.2 Å². The van der Waals surface area contributed by atoms with Gasteiger partial charge >= 0.3 is 0 Å². The number of allylic oxidation sites excluding steroid dienone is 4. The van der Waals surface area contributed by atoms with Crippen LogP contribution < -0.4 is 5.11 Å². The Morgan fingerprint density at radius 3 is 2.52 bits per heavy atom. The molecule has 3 saturated carbocycles. The van der Waals surface area contributed by atoms with Crippen molar-refractivity contribution in [2.45, 2.75) is 98.5 Å². The van der Waals surface area contributed by atoms with Crippen LogP contribution in [0.25, 0.3) is 0 Å². The predicted molar refractivity (Wildman–Crippen MR) is 123 cm³/mol. The van der Waals surface area contributed by atoms with E-state index in [0.717, 1.165) is 24.7 Å². The summed E-state index contributed by atoms with van der Waals surface area (Å²) in [5.74, 6) is 0.941. The molecule has 0 heterocycles. The summed E-state index contributed by atoms with van der Waals surface area (Å²) < 4.78 is 0. The van der Waals surface area contributed by atoms with Gasteiger partial charge in [0.1, 0.15) is 0 Å². The highest BCUT2D eigenvalue weighted by Crippen LogP contribution is 2.67. The third-order valence-corrected chi connectivity index (χ3v) is 10.4. The van der Waals surface area contributed by atoms with Gasteiger partial charge in [0.25, 0.3) is 0 Å². The van der Waals surface area contributed by atoms with Crippen molar-refractivity contribution in [1.82, 2.24) is 0 Å². The second-order valence-electron chi connectivity index (χ2n) is 12.2. The number of carbonyl (C=O) groups is 1. The van der Waals surface area contributed by atoms with E-state index in [9.17, 15) is 15.0 Å². The molecule has 31 heavy (non-hydrogen) atoms. The smallest absolute Gasteiger partial charge is 0.0623 e. The van der Waals surface area contributed by atoms with Crippen LogP contribution in [0.3, 0.4) is 0 Å². The maximum atomic E-state index is 11.9. The molecule has 4 rings (SSSR count). The zero-order chi connectivity index (χ0) is 22.6. The first-order valence-corrected chi connectivity index (χ1v) is 12.8. The molecule has 0 bridgehead atoms. The molecule has 0 unspecified atom stereocenters. The van der Waals surface area contributed by atoms with Gasteiger partial charge in [-0.1, -0.05) is 44.1 Å². The van der Waals surface area contributed by atoms with Crippen LogP contribution in [0.4, 0.5) is 0 Å². The molecule has 0 radical (unpaired) electrons. The number of aliphatic hydroxyl groups is 1. The van der Waals surface area contributed by atoms with Crippen molar-refractivity contribution >= 4 is 5.97 Å². The number of aliphatic carboxylic acids is 1. The van der Waals surface area contributed by atoms with E-state index in [1.165, 1.54) is 44.1 Å². The van der Waals surface area contributed by atoms with Gasteiger partial charge in [-0.15, -0.1) is 0 Å². The average Bonchev–Trinajstić information content (AvgIpc) is 3.05. The maximum absolute atomic E-state index is 11.9. The molecule has 3 fully saturated rings. The van der Waals surface area contributed by atoms with E-state index in [2.05, 4.69) is 46.8 Å². The van der Waals surface area contributed by atoms with Crippen molar-refractivity contribution in [2.24, 2.45) is 46.3 Å². The van der Waals surface area contributed by atoms with Crippen LogP contribution in [0.15, 0.2) is 23.3 Å². The molecule has 0 aromatic rings. The highest BCUT2D eigenvalue weighted by Gasteiger charge is 2.59. The van der Waals surface area contributed by atoms with Crippen molar-refractivity contribution in [3.63, 3.8) is 0 Å². The molecule has 4 aliphatic carbocycles. The van der Waals surface area contributed by atoms with Crippen LogP contribution in [0, 0.1) is 46.3 Å². The van der Waals surface area contributed by atoms with E-state index in [-0.39, 0.29) is 11.3 Å². The molecule has 3 heteroatoms. The summed E-state index contributed by atoms with van der Waals surface area (Å²) in [4.78, 5) is 11.9. The molecule has 0 saturated heterocycles. The van der Waals surface area contributed by atoms with Gasteiger partial charge in [-0.2, -0.15) is 0 Å². The molecule has 174 valence electrons. The Balaban J connectivity index is 1.57. The molecule has 0 aromatic carbocycles. The zero-order valence-corrected chi connectivity index (χ0v) is 20.3. The Hall–Kier alpha value is -1.09. The normalized spacial score (nSPS) is 45.0. The van der Waals surface area contributed by atoms with Crippen LogP contribution >= 0.6 is 0 Å². The summed E-state index contributed by atoms with van der Waals surface area (Å²) in [6.45, 7) is 11.7. The summed E-state index contributed by atoms with van der Waals surface area (Å²) in [6.07, 6.45) is 13.9. The van der Waals surface area contributed by atoms with Gasteiger partial charge in [0, 0.05) is 11.9 Å². The maximum Gasteiger partial charge on any atom is 0.0623 e. The molecule has 0 aliphatic heterocycles. The zero-order valence-electron chi connectivity index (χ0n) is 20.3. The first kappa shape index (κ1) is 23.1. The monoisotopic (exact) mass is 427 g/mol. The van der Waals surface area contributed by atoms with Gasteiger partial charge in [0.05, 0.1) is 6.10 Å². The minimum absolute atomic E-state index is 0.0114. The summed E-state index contributed by atoms with van der Waals surface area (Å²) in [7, 11) is 0. The fourth-order valence-corrected chi connectivity index (χ4v) is 8.74. The first-order chi connectivity index (χ1) is 14.6. The molecule has 9 atom stereocenters. The number of carbonyl (C=O) groups excluding carboxylic acids is 1. The first-order valence-electron chi connectivity index (χ1n) is 12.8. The molecule has 0 amide bonds. The van der Waals surface area contributed by atoms with Crippen LogP contribution in [0.1, 0.15) is 92.4 Å². The van der Waals surface area contributed by atoms with Crippen molar-refractivity contribution in [2.75, 3.05) is 0 Å². The summed E-state index contributed by atoms with van der Waals surface area (Å²) in [6, 6.07) is 0. The summed E-state index contributed by atoms with van der Waals surface area (Å²) in [5.41, 5.74) is 3.45. The Bertz CT molecular complexity index is 762. The van der Waals surface area contributed by atoms with Crippen LogP contribution in [0.5, 0.6) is 0 Å². The van der Waals surface area contributed by atoms with Crippen molar-refractivity contribution in [3.8, 4) is 0 Å². The molecule has 0 spiro atoms. The van der Waals surface area contributed by atoms with E-state index < -0.39 is 18.0 Å². The van der Waals surface area contributed by atoms with Crippen molar-refractivity contribution in [3.05, 3.63) is 23.3 Å². The van der Waals surface area contributed by atoms with Gasteiger partial charge in [-0.3, -0.25) is 0 Å². The molecule has 4 aliphatic rings. The van der Waals surface area contributed by atoms with E-state index in [0.29, 0.717) is 23.7 Å². The number of aliphatic hydroxyl groups excluding tert-OH is 1. The lowest BCUT2D eigenvalue weighted by atomic mass is 9.46. The fourth-order valence-electron chi connectivity index (χ4n) is 8.74. The minimum atomic E-state index is -1.05. The number of carboxylic acids is 1. The van der Waals surface area contributed by atoms with Gasteiger partial charge in [-0.25, -0.2) is 0 Å². The number of fused-ring (bicyclic) bond motifs is 5. The third-order valence-electron chi connectivity index (χ3n) is 10.4. The molecule has 3 nitrogen and oxygen atoms in total. The minimum Gasteiger partial charge on any atom is -0.550 e. The number of hydrogen-bond acceptors (Lipinski definition) is 3. The highest BCUT2D eigenvalue weighted by atomic mass is 16.4. The number of rotatable bonds is 5. The lowest BCUT2D eigenvalue weighted by Gasteiger charge is -2.59. The number of hydrogen-bond donors (Lipinski definition) is 1. The molecule has 0 aromatic heterocycles.